The van der Waals surface area contributed by atoms with Crippen molar-refractivity contribution in [2.24, 2.45) is 0 Å². The fourth-order valence-electron chi connectivity index (χ4n) is 4.32. The molecule has 3 aromatic rings. The highest BCUT2D eigenvalue weighted by atomic mass is 15.2. The van der Waals surface area contributed by atoms with Gasteiger partial charge in [-0.15, -0.1) is 0 Å². The van der Waals surface area contributed by atoms with Crippen LogP contribution in [0, 0.1) is 0 Å². The predicted octanol–water partition coefficient (Wildman–Crippen LogP) is 4.15. The summed E-state index contributed by atoms with van der Waals surface area (Å²) in [5.74, 6) is 0. The number of fused-ring (bicyclic) bond motifs is 3. The lowest BCUT2D eigenvalue weighted by atomic mass is 9.98. The van der Waals surface area contributed by atoms with Crippen LogP contribution in [-0.4, -0.2) is 26.4 Å². The van der Waals surface area contributed by atoms with Gasteiger partial charge in [0.2, 0.25) is 0 Å². The van der Waals surface area contributed by atoms with E-state index in [9.17, 15) is 0 Å². The second-order valence-corrected chi connectivity index (χ2v) is 6.92. The van der Waals surface area contributed by atoms with Gasteiger partial charge in [0.1, 0.15) is 5.65 Å². The lowest BCUT2D eigenvalue weighted by Crippen LogP contribution is -2.37. The Labute approximate surface area is 142 Å². The SMILES string of the molecule is C1=C(c2cnc3ccccn23)CC2CCC1N2Cc1ccccc1. The van der Waals surface area contributed by atoms with Crippen molar-refractivity contribution in [1.29, 1.82) is 0 Å². The van der Waals surface area contributed by atoms with Crippen molar-refractivity contribution in [3.63, 3.8) is 0 Å². The van der Waals surface area contributed by atoms with Crippen LogP contribution in [0.5, 0.6) is 0 Å². The molecule has 2 unspecified atom stereocenters. The molecular formula is C21H21N3. The molecule has 0 amide bonds. The van der Waals surface area contributed by atoms with Crippen molar-refractivity contribution >= 4 is 11.2 Å². The van der Waals surface area contributed by atoms with Crippen LogP contribution in [0.4, 0.5) is 0 Å². The summed E-state index contributed by atoms with van der Waals surface area (Å²) in [5, 5.41) is 0. The molecule has 1 saturated heterocycles. The minimum atomic E-state index is 0.563. The number of hydrogen-bond donors (Lipinski definition) is 0. The quantitative estimate of drug-likeness (QED) is 0.723. The normalized spacial score (nSPS) is 23.6. The average Bonchev–Trinajstić information content (AvgIpc) is 3.14. The molecule has 0 N–H and O–H groups in total. The third-order valence-electron chi connectivity index (χ3n) is 5.49. The Kier molecular flexibility index (Phi) is 3.27. The van der Waals surface area contributed by atoms with Gasteiger partial charge in [0.15, 0.2) is 0 Å². The van der Waals surface area contributed by atoms with Crippen LogP contribution in [0.3, 0.4) is 0 Å². The molecule has 0 aliphatic carbocycles. The molecule has 0 saturated carbocycles. The monoisotopic (exact) mass is 315 g/mol. The topological polar surface area (TPSA) is 20.5 Å². The van der Waals surface area contributed by atoms with Gasteiger partial charge in [0.25, 0.3) is 0 Å². The molecule has 24 heavy (non-hydrogen) atoms. The van der Waals surface area contributed by atoms with Crippen LogP contribution in [0.2, 0.25) is 0 Å². The van der Waals surface area contributed by atoms with Gasteiger partial charge >= 0.3 is 0 Å². The minimum Gasteiger partial charge on any atom is -0.300 e. The van der Waals surface area contributed by atoms with Crippen LogP contribution in [-0.2, 0) is 6.54 Å². The molecule has 2 aliphatic heterocycles. The van der Waals surface area contributed by atoms with Crippen molar-refractivity contribution in [2.45, 2.75) is 37.9 Å². The molecule has 0 spiro atoms. The number of nitrogens with zero attached hydrogens (tertiary/aromatic N) is 3. The Bertz CT molecular complexity index is 894. The fraction of sp³-hybridized carbons (Fsp3) is 0.286. The summed E-state index contributed by atoms with van der Waals surface area (Å²) >= 11 is 0. The summed E-state index contributed by atoms with van der Waals surface area (Å²) in [6, 6.07) is 18.3. The second-order valence-electron chi connectivity index (χ2n) is 6.92. The largest absolute Gasteiger partial charge is 0.300 e. The van der Waals surface area contributed by atoms with Gasteiger partial charge in [-0.25, -0.2) is 4.98 Å². The van der Waals surface area contributed by atoms with Gasteiger partial charge in [0, 0.05) is 24.8 Å². The molecule has 3 nitrogen and oxygen atoms in total. The number of rotatable bonds is 3. The van der Waals surface area contributed by atoms with Crippen molar-refractivity contribution in [3.8, 4) is 0 Å². The molecule has 120 valence electrons. The zero-order valence-electron chi connectivity index (χ0n) is 13.7. The Morgan fingerprint density at radius 2 is 1.88 bits per heavy atom. The van der Waals surface area contributed by atoms with Gasteiger partial charge in [-0.1, -0.05) is 42.5 Å². The Hall–Kier alpha value is -2.39. The van der Waals surface area contributed by atoms with E-state index in [1.54, 1.807) is 0 Å². The number of hydrogen-bond acceptors (Lipinski definition) is 2. The molecule has 2 bridgehead atoms. The average molecular weight is 315 g/mol. The van der Waals surface area contributed by atoms with E-state index in [2.05, 4.69) is 69.0 Å². The number of benzene rings is 1. The Morgan fingerprint density at radius 3 is 2.75 bits per heavy atom. The summed E-state index contributed by atoms with van der Waals surface area (Å²) in [6.07, 6.45) is 10.4. The van der Waals surface area contributed by atoms with Crippen molar-refractivity contribution < 1.29 is 0 Å². The smallest absolute Gasteiger partial charge is 0.137 e. The summed E-state index contributed by atoms with van der Waals surface area (Å²) in [7, 11) is 0. The first-order valence-corrected chi connectivity index (χ1v) is 8.81. The van der Waals surface area contributed by atoms with Gasteiger partial charge in [0.05, 0.1) is 11.9 Å². The first kappa shape index (κ1) is 14.0. The van der Waals surface area contributed by atoms with E-state index in [1.165, 1.54) is 29.7 Å². The Morgan fingerprint density at radius 1 is 1.00 bits per heavy atom. The van der Waals surface area contributed by atoms with Crippen LogP contribution in [0.1, 0.15) is 30.5 Å². The first-order chi connectivity index (χ1) is 11.9. The van der Waals surface area contributed by atoms with Gasteiger partial charge < -0.3 is 4.40 Å². The summed E-state index contributed by atoms with van der Waals surface area (Å²) in [5.41, 5.74) is 5.18. The first-order valence-electron chi connectivity index (χ1n) is 8.81. The zero-order valence-corrected chi connectivity index (χ0v) is 13.7. The summed E-state index contributed by atoms with van der Waals surface area (Å²) in [4.78, 5) is 7.24. The third kappa shape index (κ3) is 2.28. The molecule has 5 rings (SSSR count). The zero-order chi connectivity index (χ0) is 15.9. The fourth-order valence-corrected chi connectivity index (χ4v) is 4.32. The number of pyridine rings is 1. The molecule has 0 radical (unpaired) electrons. The standard InChI is InChI=1S/C21H21N3/c1-2-6-16(7-3-1)15-24-18-9-10-19(24)13-17(12-18)20-14-22-21-8-4-5-11-23(20)21/h1-8,11-12,14,18-19H,9-10,13,15H2. The molecule has 4 heterocycles. The highest BCUT2D eigenvalue weighted by Gasteiger charge is 2.37. The van der Waals surface area contributed by atoms with E-state index in [0.29, 0.717) is 12.1 Å². The molecule has 2 atom stereocenters. The maximum absolute atomic E-state index is 4.56. The predicted molar refractivity (Wildman–Crippen MR) is 96.6 cm³/mol. The second kappa shape index (κ2) is 5.60. The molecule has 3 heteroatoms. The van der Waals surface area contributed by atoms with E-state index < -0.39 is 0 Å². The molecular weight excluding hydrogens is 294 g/mol. The lowest BCUT2D eigenvalue weighted by Gasteiger charge is -2.34. The van der Waals surface area contributed by atoms with Gasteiger partial charge in [-0.2, -0.15) is 0 Å². The van der Waals surface area contributed by atoms with E-state index >= 15 is 0 Å². The molecule has 1 aromatic carbocycles. The van der Waals surface area contributed by atoms with Crippen LogP contribution in [0.15, 0.2) is 67.0 Å². The third-order valence-corrected chi connectivity index (χ3v) is 5.49. The number of aromatic nitrogens is 2. The van der Waals surface area contributed by atoms with Crippen molar-refractivity contribution in [2.75, 3.05) is 0 Å². The van der Waals surface area contributed by atoms with E-state index in [0.717, 1.165) is 18.6 Å². The van der Waals surface area contributed by atoms with Crippen LogP contribution < -0.4 is 0 Å². The van der Waals surface area contributed by atoms with Crippen LogP contribution in [0.25, 0.3) is 11.2 Å². The maximum Gasteiger partial charge on any atom is 0.137 e. The maximum atomic E-state index is 4.56. The van der Waals surface area contributed by atoms with Gasteiger partial charge in [-0.05, 0) is 42.5 Å². The highest BCUT2D eigenvalue weighted by Crippen LogP contribution is 2.39. The van der Waals surface area contributed by atoms with Crippen molar-refractivity contribution in [3.05, 3.63) is 78.3 Å². The van der Waals surface area contributed by atoms with Crippen LogP contribution >= 0.6 is 0 Å². The Balaban J connectivity index is 1.46. The summed E-state index contributed by atoms with van der Waals surface area (Å²) < 4.78 is 2.22. The number of imidazole rings is 1. The lowest BCUT2D eigenvalue weighted by molar-refractivity contribution is 0.203. The molecule has 2 aromatic heterocycles. The summed E-state index contributed by atoms with van der Waals surface area (Å²) in [6.45, 7) is 1.06. The molecule has 1 fully saturated rings. The minimum absolute atomic E-state index is 0.563. The van der Waals surface area contributed by atoms with E-state index in [-0.39, 0.29) is 0 Å². The van der Waals surface area contributed by atoms with Gasteiger partial charge in [-0.3, -0.25) is 4.90 Å². The van der Waals surface area contributed by atoms with E-state index in [1.807, 2.05) is 12.3 Å². The van der Waals surface area contributed by atoms with Crippen molar-refractivity contribution in [1.82, 2.24) is 14.3 Å². The van der Waals surface area contributed by atoms with E-state index in [4.69, 9.17) is 0 Å². The highest BCUT2D eigenvalue weighted by molar-refractivity contribution is 5.68. The molecule has 2 aliphatic rings.